The quantitative estimate of drug-likeness (QED) is 0.799. The Balaban J connectivity index is 2.20. The molecule has 0 saturated carbocycles. The van der Waals surface area contributed by atoms with Crippen LogP contribution in [0.25, 0.3) is 11.3 Å². The van der Waals surface area contributed by atoms with E-state index in [0.717, 1.165) is 0 Å². The van der Waals surface area contributed by atoms with E-state index in [2.05, 4.69) is 9.97 Å². The Morgan fingerprint density at radius 1 is 1.21 bits per heavy atom. The highest BCUT2D eigenvalue weighted by atomic mass is 35.5. The summed E-state index contributed by atoms with van der Waals surface area (Å²) >= 11 is 5.68. The lowest BCUT2D eigenvalue weighted by Gasteiger charge is -2.02. The molecule has 0 unspecified atom stereocenters. The molecule has 1 amide bonds. The van der Waals surface area contributed by atoms with Crippen molar-refractivity contribution in [3.8, 4) is 11.3 Å². The number of rotatable bonds is 1. The molecule has 96 valence electrons. The standard InChI is InChI=1S/C11H6ClN3O3S/c12-11-13-4-3-8(14-11)6-1-2-7-9(5-6)19(17,18)15-10(7)16/h1-5H,(H,15,16). The van der Waals surface area contributed by atoms with Crippen molar-refractivity contribution in [1.82, 2.24) is 14.7 Å². The summed E-state index contributed by atoms with van der Waals surface area (Å²) in [4.78, 5) is 19.1. The Bertz CT molecular complexity index is 805. The molecular weight excluding hydrogens is 290 g/mol. The Morgan fingerprint density at radius 2 is 2.00 bits per heavy atom. The van der Waals surface area contributed by atoms with Gasteiger partial charge in [0.05, 0.1) is 11.3 Å². The topological polar surface area (TPSA) is 89.0 Å². The molecule has 0 saturated heterocycles. The van der Waals surface area contributed by atoms with E-state index in [1.165, 1.54) is 18.3 Å². The van der Waals surface area contributed by atoms with Crippen molar-refractivity contribution in [2.24, 2.45) is 0 Å². The van der Waals surface area contributed by atoms with Gasteiger partial charge in [-0.2, -0.15) is 0 Å². The fourth-order valence-corrected chi connectivity index (χ4v) is 3.16. The van der Waals surface area contributed by atoms with Gasteiger partial charge in [0.25, 0.3) is 15.9 Å². The number of benzene rings is 1. The van der Waals surface area contributed by atoms with Gasteiger partial charge in [-0.15, -0.1) is 0 Å². The lowest BCUT2D eigenvalue weighted by atomic mass is 10.1. The fourth-order valence-electron chi connectivity index (χ4n) is 1.82. The summed E-state index contributed by atoms with van der Waals surface area (Å²) in [5, 5.41) is 0.0649. The van der Waals surface area contributed by atoms with Crippen LogP contribution in [0.4, 0.5) is 0 Å². The van der Waals surface area contributed by atoms with Crippen LogP contribution >= 0.6 is 11.6 Å². The number of sulfonamides is 1. The Kier molecular flexibility index (Phi) is 2.54. The second kappa shape index (κ2) is 4.01. The van der Waals surface area contributed by atoms with Gasteiger partial charge in [0.1, 0.15) is 4.90 Å². The molecular formula is C11H6ClN3O3S. The molecule has 6 nitrogen and oxygen atoms in total. The molecule has 2 heterocycles. The smallest absolute Gasteiger partial charge is 0.266 e. The lowest BCUT2D eigenvalue weighted by molar-refractivity contribution is 0.0985. The average Bonchev–Trinajstić information content (AvgIpc) is 2.59. The molecule has 0 bridgehead atoms. The van der Waals surface area contributed by atoms with Crippen LogP contribution in [0, 0.1) is 0 Å². The highest BCUT2D eigenvalue weighted by molar-refractivity contribution is 7.90. The monoisotopic (exact) mass is 295 g/mol. The zero-order valence-electron chi connectivity index (χ0n) is 9.29. The maximum absolute atomic E-state index is 11.7. The molecule has 1 aromatic carbocycles. The van der Waals surface area contributed by atoms with Crippen LogP contribution in [0.2, 0.25) is 5.28 Å². The molecule has 3 rings (SSSR count). The van der Waals surface area contributed by atoms with E-state index >= 15 is 0 Å². The third kappa shape index (κ3) is 1.96. The number of nitrogens with zero attached hydrogens (tertiary/aromatic N) is 2. The number of amides is 1. The maximum Gasteiger partial charge on any atom is 0.266 e. The zero-order chi connectivity index (χ0) is 13.6. The molecule has 0 aliphatic carbocycles. The van der Waals surface area contributed by atoms with Crippen LogP contribution in [0.5, 0.6) is 0 Å². The van der Waals surface area contributed by atoms with Crippen LogP contribution < -0.4 is 4.72 Å². The molecule has 1 aliphatic heterocycles. The molecule has 0 fully saturated rings. The average molecular weight is 296 g/mol. The largest absolute Gasteiger partial charge is 0.268 e. The van der Waals surface area contributed by atoms with Crippen LogP contribution in [0.1, 0.15) is 10.4 Å². The number of carbonyl (C=O) groups excluding carboxylic acids is 1. The van der Waals surface area contributed by atoms with Crippen LogP contribution in [0.15, 0.2) is 35.4 Å². The van der Waals surface area contributed by atoms with Crippen LogP contribution in [0.3, 0.4) is 0 Å². The number of carbonyl (C=O) groups is 1. The molecule has 0 atom stereocenters. The van der Waals surface area contributed by atoms with Crippen LogP contribution in [-0.2, 0) is 10.0 Å². The van der Waals surface area contributed by atoms with E-state index in [1.807, 2.05) is 4.72 Å². The maximum atomic E-state index is 11.7. The van der Waals surface area contributed by atoms with Crippen molar-refractivity contribution in [2.75, 3.05) is 0 Å². The SMILES string of the molecule is O=C1NS(=O)(=O)c2cc(-c3ccnc(Cl)n3)ccc21. The summed E-state index contributed by atoms with van der Waals surface area (Å²) in [5.74, 6) is -0.623. The van der Waals surface area contributed by atoms with Gasteiger partial charge in [-0.25, -0.2) is 23.1 Å². The number of fused-ring (bicyclic) bond motifs is 1. The summed E-state index contributed by atoms with van der Waals surface area (Å²) in [6.07, 6.45) is 1.47. The molecule has 1 N–H and O–H groups in total. The fraction of sp³-hybridized carbons (Fsp3) is 0. The van der Waals surface area contributed by atoms with Gasteiger partial charge in [0, 0.05) is 11.8 Å². The van der Waals surface area contributed by atoms with Crippen molar-refractivity contribution in [2.45, 2.75) is 4.90 Å². The minimum atomic E-state index is -3.77. The van der Waals surface area contributed by atoms with Gasteiger partial charge in [-0.1, -0.05) is 6.07 Å². The van der Waals surface area contributed by atoms with Gasteiger partial charge in [-0.05, 0) is 29.8 Å². The first kappa shape index (κ1) is 12.1. The molecule has 8 heteroatoms. The molecule has 1 aromatic heterocycles. The number of halogens is 1. The van der Waals surface area contributed by atoms with Gasteiger partial charge >= 0.3 is 0 Å². The summed E-state index contributed by atoms with van der Waals surface area (Å²) < 4.78 is 25.4. The highest BCUT2D eigenvalue weighted by Gasteiger charge is 2.32. The number of hydrogen-bond donors (Lipinski definition) is 1. The van der Waals surface area contributed by atoms with Gasteiger partial charge in [-0.3, -0.25) is 4.79 Å². The second-order valence-corrected chi connectivity index (χ2v) is 5.85. The Morgan fingerprint density at radius 3 is 2.74 bits per heavy atom. The lowest BCUT2D eigenvalue weighted by Crippen LogP contribution is -2.20. The van der Waals surface area contributed by atoms with Crippen molar-refractivity contribution >= 4 is 27.5 Å². The third-order valence-electron chi connectivity index (χ3n) is 2.66. The first-order valence-electron chi connectivity index (χ1n) is 5.17. The number of nitrogens with one attached hydrogen (secondary N) is 1. The Hall–Kier alpha value is -1.99. The van der Waals surface area contributed by atoms with Gasteiger partial charge in [0.15, 0.2) is 0 Å². The molecule has 19 heavy (non-hydrogen) atoms. The summed E-state index contributed by atoms with van der Waals surface area (Å²) in [6, 6.07) is 6.05. The summed E-state index contributed by atoms with van der Waals surface area (Å²) in [5.41, 5.74) is 1.16. The molecule has 1 aliphatic rings. The summed E-state index contributed by atoms with van der Waals surface area (Å²) in [7, 11) is -3.77. The molecule has 0 spiro atoms. The van der Waals surface area contributed by atoms with Gasteiger partial charge in [0.2, 0.25) is 5.28 Å². The molecule has 0 radical (unpaired) electrons. The third-order valence-corrected chi connectivity index (χ3v) is 4.22. The van der Waals surface area contributed by atoms with E-state index in [4.69, 9.17) is 11.6 Å². The number of aromatic nitrogens is 2. The van der Waals surface area contributed by atoms with Crippen molar-refractivity contribution in [3.63, 3.8) is 0 Å². The minimum Gasteiger partial charge on any atom is -0.268 e. The Labute approximate surface area is 113 Å². The van der Waals surface area contributed by atoms with Crippen molar-refractivity contribution in [1.29, 1.82) is 0 Å². The predicted molar refractivity (Wildman–Crippen MR) is 67.1 cm³/mol. The first-order chi connectivity index (χ1) is 8.97. The van der Waals surface area contributed by atoms with Crippen LogP contribution in [-0.4, -0.2) is 24.3 Å². The van der Waals surface area contributed by atoms with E-state index in [-0.39, 0.29) is 15.7 Å². The second-order valence-electron chi connectivity index (χ2n) is 3.86. The molecule has 2 aromatic rings. The predicted octanol–water partition coefficient (Wildman–Crippen LogP) is 1.23. The van der Waals surface area contributed by atoms with Crippen molar-refractivity contribution in [3.05, 3.63) is 41.3 Å². The minimum absolute atomic E-state index is 0.0512. The van der Waals surface area contributed by atoms with Crippen molar-refractivity contribution < 1.29 is 13.2 Å². The van der Waals surface area contributed by atoms with E-state index in [1.54, 1.807) is 12.1 Å². The highest BCUT2D eigenvalue weighted by Crippen LogP contribution is 2.27. The first-order valence-corrected chi connectivity index (χ1v) is 7.03. The zero-order valence-corrected chi connectivity index (χ0v) is 10.9. The van der Waals surface area contributed by atoms with Gasteiger partial charge < -0.3 is 0 Å². The number of hydrogen-bond acceptors (Lipinski definition) is 5. The summed E-state index contributed by atoms with van der Waals surface area (Å²) in [6.45, 7) is 0. The van der Waals surface area contributed by atoms with E-state index in [9.17, 15) is 13.2 Å². The van der Waals surface area contributed by atoms with E-state index < -0.39 is 15.9 Å². The van der Waals surface area contributed by atoms with E-state index in [0.29, 0.717) is 11.3 Å². The normalized spacial score (nSPS) is 15.9.